The minimum atomic E-state index is -0.868. The number of nitrogens with one attached hydrogen (secondary N) is 1. The largest absolute Gasteiger partial charge is 0.481 e. The van der Waals surface area contributed by atoms with Gasteiger partial charge in [0.25, 0.3) is 0 Å². The number of nitrogens with zero attached hydrogens (tertiary/aromatic N) is 1. The normalized spacial score (nSPS) is 27.4. The molecular formula is C13H16N2O3S. The first-order valence-corrected chi connectivity index (χ1v) is 7.37. The van der Waals surface area contributed by atoms with Crippen LogP contribution in [0.15, 0.2) is 5.38 Å². The summed E-state index contributed by atoms with van der Waals surface area (Å²) in [6, 6.07) is 0. The molecule has 1 amide bonds. The summed E-state index contributed by atoms with van der Waals surface area (Å²) in [7, 11) is 0. The molecule has 0 aliphatic heterocycles. The molecule has 5 nitrogen and oxygen atoms in total. The van der Waals surface area contributed by atoms with Gasteiger partial charge in [0.15, 0.2) is 0 Å². The van der Waals surface area contributed by atoms with Crippen LogP contribution in [0, 0.1) is 18.8 Å². The molecule has 2 N–H and O–H groups in total. The fourth-order valence-corrected chi connectivity index (χ4v) is 3.59. The maximum atomic E-state index is 12.1. The zero-order valence-corrected chi connectivity index (χ0v) is 11.5. The van der Waals surface area contributed by atoms with Crippen molar-refractivity contribution < 1.29 is 14.7 Å². The van der Waals surface area contributed by atoms with Crippen LogP contribution in [-0.4, -0.2) is 22.0 Å². The predicted octanol–water partition coefficient (Wildman–Crippen LogP) is 1.67. The fraction of sp³-hybridized carbons (Fsp3) is 0.615. The van der Waals surface area contributed by atoms with Crippen LogP contribution in [0.4, 0.5) is 0 Å². The lowest BCUT2D eigenvalue weighted by Gasteiger charge is -2.41. The van der Waals surface area contributed by atoms with Gasteiger partial charge in [-0.05, 0) is 32.6 Å². The van der Waals surface area contributed by atoms with E-state index in [1.54, 1.807) is 11.3 Å². The van der Waals surface area contributed by atoms with Crippen molar-refractivity contribution in [2.45, 2.75) is 38.1 Å². The van der Waals surface area contributed by atoms with Crippen molar-refractivity contribution in [2.24, 2.45) is 11.8 Å². The Morgan fingerprint density at radius 1 is 1.47 bits per heavy atom. The number of carbonyl (C=O) groups excluding carboxylic acids is 1. The van der Waals surface area contributed by atoms with Gasteiger partial charge in [0.1, 0.15) is 5.01 Å². The average molecular weight is 280 g/mol. The van der Waals surface area contributed by atoms with E-state index < -0.39 is 11.9 Å². The summed E-state index contributed by atoms with van der Waals surface area (Å²) in [6.07, 6.45) is 3.34. The molecule has 1 heterocycles. The van der Waals surface area contributed by atoms with E-state index in [1.807, 2.05) is 12.3 Å². The zero-order chi connectivity index (χ0) is 13.6. The Morgan fingerprint density at radius 2 is 2.21 bits per heavy atom. The highest BCUT2D eigenvalue weighted by atomic mass is 32.1. The van der Waals surface area contributed by atoms with Gasteiger partial charge in [-0.1, -0.05) is 0 Å². The third-order valence-corrected chi connectivity index (χ3v) is 5.21. The standard InChI is InChI=1S/C13H16N2O3S/c1-7-6-19-12(14-7)13(3-2-4-13)15-10(16)8-5-9(8)11(17)18/h6,8-9H,2-5H2,1H3,(H,15,16)(H,17,18)/t8-,9-/m0/s1. The molecule has 2 aliphatic rings. The number of amides is 1. The lowest BCUT2D eigenvalue weighted by atomic mass is 9.77. The second kappa shape index (κ2) is 4.30. The Morgan fingerprint density at radius 3 is 2.63 bits per heavy atom. The second-order valence-corrected chi connectivity index (χ2v) is 6.36. The Kier molecular flexibility index (Phi) is 2.85. The van der Waals surface area contributed by atoms with E-state index in [0.717, 1.165) is 30.0 Å². The van der Waals surface area contributed by atoms with E-state index in [0.29, 0.717) is 6.42 Å². The summed E-state index contributed by atoms with van der Waals surface area (Å²) >= 11 is 1.57. The number of aliphatic carboxylic acids is 1. The van der Waals surface area contributed by atoms with Crippen molar-refractivity contribution >= 4 is 23.2 Å². The molecule has 19 heavy (non-hydrogen) atoms. The van der Waals surface area contributed by atoms with Crippen LogP contribution in [0.2, 0.25) is 0 Å². The Labute approximate surface area is 115 Å². The van der Waals surface area contributed by atoms with Gasteiger partial charge in [-0.15, -0.1) is 11.3 Å². The quantitative estimate of drug-likeness (QED) is 0.879. The predicted molar refractivity (Wildman–Crippen MR) is 69.8 cm³/mol. The highest BCUT2D eigenvalue weighted by molar-refractivity contribution is 7.09. The highest BCUT2D eigenvalue weighted by Gasteiger charge is 2.51. The number of aryl methyl sites for hydroxylation is 1. The van der Waals surface area contributed by atoms with Gasteiger partial charge in [-0.2, -0.15) is 0 Å². The summed E-state index contributed by atoms with van der Waals surface area (Å²) in [5.74, 6) is -1.83. The highest BCUT2D eigenvalue weighted by Crippen LogP contribution is 2.45. The molecule has 0 saturated heterocycles. The molecule has 6 heteroatoms. The van der Waals surface area contributed by atoms with Crippen molar-refractivity contribution in [1.82, 2.24) is 10.3 Å². The number of hydrogen-bond donors (Lipinski definition) is 2. The first-order valence-electron chi connectivity index (χ1n) is 6.49. The summed E-state index contributed by atoms with van der Waals surface area (Å²) < 4.78 is 0. The van der Waals surface area contributed by atoms with Crippen LogP contribution in [0.1, 0.15) is 36.4 Å². The van der Waals surface area contributed by atoms with Gasteiger partial charge in [0.2, 0.25) is 5.91 Å². The molecule has 0 spiro atoms. The molecule has 0 aromatic carbocycles. The number of carboxylic acid groups (broad SMARTS) is 1. The molecule has 2 saturated carbocycles. The van der Waals surface area contributed by atoms with Crippen molar-refractivity contribution in [3.63, 3.8) is 0 Å². The minimum absolute atomic E-state index is 0.125. The van der Waals surface area contributed by atoms with E-state index in [1.165, 1.54) is 0 Å². The van der Waals surface area contributed by atoms with Gasteiger partial charge in [-0.3, -0.25) is 9.59 Å². The second-order valence-electron chi connectivity index (χ2n) is 5.51. The molecule has 2 atom stereocenters. The first kappa shape index (κ1) is 12.6. The molecule has 0 bridgehead atoms. The molecule has 1 aromatic rings. The van der Waals surface area contributed by atoms with Crippen molar-refractivity contribution in [3.8, 4) is 0 Å². The molecule has 102 valence electrons. The van der Waals surface area contributed by atoms with Crippen LogP contribution in [-0.2, 0) is 15.1 Å². The van der Waals surface area contributed by atoms with Crippen LogP contribution >= 0.6 is 11.3 Å². The average Bonchev–Trinajstić information content (AvgIpc) is 3.01. The molecule has 3 rings (SSSR count). The molecule has 0 unspecified atom stereocenters. The monoisotopic (exact) mass is 280 g/mol. The molecule has 1 aromatic heterocycles. The molecular weight excluding hydrogens is 264 g/mol. The van der Waals surface area contributed by atoms with Crippen LogP contribution < -0.4 is 5.32 Å². The summed E-state index contributed by atoms with van der Waals surface area (Å²) in [5.41, 5.74) is 0.636. The Hall–Kier alpha value is -1.43. The maximum absolute atomic E-state index is 12.1. The minimum Gasteiger partial charge on any atom is -0.481 e. The van der Waals surface area contributed by atoms with E-state index in [4.69, 9.17) is 5.11 Å². The zero-order valence-electron chi connectivity index (χ0n) is 10.7. The van der Waals surface area contributed by atoms with Crippen molar-refractivity contribution in [1.29, 1.82) is 0 Å². The lowest BCUT2D eigenvalue weighted by Crippen LogP contribution is -2.51. The molecule has 2 fully saturated rings. The SMILES string of the molecule is Cc1csc(C2(NC(=O)[C@H]3C[C@@H]3C(=O)O)CCC2)n1. The number of rotatable bonds is 4. The summed E-state index contributed by atoms with van der Waals surface area (Å²) in [6.45, 7) is 1.94. The number of aromatic nitrogens is 1. The van der Waals surface area contributed by atoms with Crippen LogP contribution in [0.25, 0.3) is 0 Å². The van der Waals surface area contributed by atoms with E-state index in [-0.39, 0.29) is 17.4 Å². The van der Waals surface area contributed by atoms with E-state index in [9.17, 15) is 9.59 Å². The number of hydrogen-bond acceptors (Lipinski definition) is 4. The smallest absolute Gasteiger partial charge is 0.307 e. The van der Waals surface area contributed by atoms with Crippen LogP contribution in [0.5, 0.6) is 0 Å². The third kappa shape index (κ3) is 2.14. The van der Waals surface area contributed by atoms with E-state index >= 15 is 0 Å². The summed E-state index contributed by atoms with van der Waals surface area (Å²) in [4.78, 5) is 27.4. The topological polar surface area (TPSA) is 79.3 Å². The number of carbonyl (C=O) groups is 2. The Balaban J connectivity index is 1.71. The van der Waals surface area contributed by atoms with Gasteiger partial charge < -0.3 is 10.4 Å². The Bertz CT molecular complexity index is 536. The van der Waals surface area contributed by atoms with Crippen molar-refractivity contribution in [3.05, 3.63) is 16.1 Å². The number of carboxylic acids is 1. The van der Waals surface area contributed by atoms with Gasteiger partial charge in [-0.25, -0.2) is 4.98 Å². The molecule has 2 aliphatic carbocycles. The van der Waals surface area contributed by atoms with Crippen LogP contribution in [0.3, 0.4) is 0 Å². The fourth-order valence-electron chi connectivity index (χ4n) is 2.58. The maximum Gasteiger partial charge on any atom is 0.307 e. The first-order chi connectivity index (χ1) is 9.02. The van der Waals surface area contributed by atoms with Crippen molar-refractivity contribution in [2.75, 3.05) is 0 Å². The summed E-state index contributed by atoms with van der Waals surface area (Å²) in [5, 5.41) is 14.9. The van der Waals surface area contributed by atoms with Gasteiger partial charge in [0.05, 0.1) is 17.4 Å². The lowest BCUT2D eigenvalue weighted by molar-refractivity contribution is -0.140. The number of thiazole rings is 1. The molecule has 0 radical (unpaired) electrons. The van der Waals surface area contributed by atoms with Gasteiger partial charge >= 0.3 is 5.97 Å². The van der Waals surface area contributed by atoms with Gasteiger partial charge in [0, 0.05) is 11.1 Å². The van der Waals surface area contributed by atoms with E-state index in [2.05, 4.69) is 10.3 Å². The third-order valence-electron chi connectivity index (χ3n) is 4.04.